The minimum absolute atomic E-state index is 0.0628. The van der Waals surface area contributed by atoms with Gasteiger partial charge in [0, 0.05) is 50.2 Å². The number of benzene rings is 1. The van der Waals surface area contributed by atoms with Crippen LogP contribution in [0.25, 0.3) is 11.0 Å². The van der Waals surface area contributed by atoms with E-state index in [0.717, 1.165) is 60.6 Å². The number of halogens is 1. The average Bonchev–Trinajstić information content (AvgIpc) is 2.73. The lowest BCUT2D eigenvalue weighted by Crippen LogP contribution is -2.46. The maximum atomic E-state index is 14.1. The van der Waals surface area contributed by atoms with E-state index in [1.807, 2.05) is 25.3 Å². The lowest BCUT2D eigenvalue weighted by molar-refractivity contribution is 0.0996. The number of pyridine rings is 2. The normalized spacial score (nSPS) is 14.9. The predicted molar refractivity (Wildman–Crippen MR) is 114 cm³/mol. The quantitative estimate of drug-likeness (QED) is 0.673. The molecule has 1 aromatic carbocycles. The zero-order chi connectivity index (χ0) is 21.3. The van der Waals surface area contributed by atoms with Crippen LogP contribution in [0.5, 0.6) is 0 Å². The molecule has 0 radical (unpaired) electrons. The number of hydrogen-bond donors (Lipinski definition) is 2. The van der Waals surface area contributed by atoms with Gasteiger partial charge in [-0.3, -0.25) is 19.5 Å². The summed E-state index contributed by atoms with van der Waals surface area (Å²) in [7, 11) is 0. The van der Waals surface area contributed by atoms with Crippen molar-refractivity contribution in [2.45, 2.75) is 19.9 Å². The number of hydrogen-bond acceptors (Lipinski definition) is 5. The van der Waals surface area contributed by atoms with Gasteiger partial charge in [0.2, 0.25) is 0 Å². The molecule has 0 aliphatic carbocycles. The third-order valence-electron chi connectivity index (χ3n) is 5.57. The number of aromatic nitrogens is 2. The second-order valence-electron chi connectivity index (χ2n) is 7.55. The van der Waals surface area contributed by atoms with E-state index in [1.165, 1.54) is 12.1 Å². The van der Waals surface area contributed by atoms with Crippen molar-refractivity contribution in [2.24, 2.45) is 5.73 Å². The number of nitrogens with two attached hydrogens (primary N) is 1. The van der Waals surface area contributed by atoms with Gasteiger partial charge in [-0.05, 0) is 42.3 Å². The molecule has 8 heteroatoms. The number of primary amides is 1. The average molecular weight is 409 g/mol. The summed E-state index contributed by atoms with van der Waals surface area (Å²) < 4.78 is 14.1. The van der Waals surface area contributed by atoms with E-state index in [1.54, 1.807) is 6.07 Å². The molecule has 156 valence electrons. The second kappa shape index (κ2) is 8.23. The molecule has 1 fully saturated rings. The molecule has 1 saturated heterocycles. The lowest BCUT2D eigenvalue weighted by atomic mass is 10.1. The van der Waals surface area contributed by atoms with Gasteiger partial charge < -0.3 is 15.6 Å². The molecule has 30 heavy (non-hydrogen) atoms. The molecule has 0 saturated carbocycles. The number of nitrogens with one attached hydrogen (secondary N) is 1. The standard InChI is InChI=1S/C22H24FN5O2/c1-2-15-10-19-20(26-22(15)30)9-14(12-25-19)13-27-5-7-28(8-6-27)16-3-4-17(21(24)29)18(23)11-16/h3-4,9-12H,2,5-8,13H2,1H3,(H2,24,29)(H,26,30). The van der Waals surface area contributed by atoms with Gasteiger partial charge in [-0.1, -0.05) is 6.92 Å². The number of H-pyrrole nitrogens is 1. The molecule has 3 heterocycles. The number of rotatable bonds is 5. The summed E-state index contributed by atoms with van der Waals surface area (Å²) in [4.78, 5) is 35.1. The zero-order valence-corrected chi connectivity index (χ0v) is 16.8. The van der Waals surface area contributed by atoms with Crippen molar-refractivity contribution in [3.8, 4) is 0 Å². The Morgan fingerprint density at radius 3 is 2.63 bits per heavy atom. The summed E-state index contributed by atoms with van der Waals surface area (Å²) in [5, 5.41) is 0. The van der Waals surface area contributed by atoms with Gasteiger partial charge in [-0.25, -0.2) is 4.39 Å². The highest BCUT2D eigenvalue weighted by atomic mass is 19.1. The topological polar surface area (TPSA) is 95.3 Å². The predicted octanol–water partition coefficient (Wildman–Crippen LogP) is 2.05. The molecule has 1 aliphatic rings. The first-order valence-corrected chi connectivity index (χ1v) is 10.0. The van der Waals surface area contributed by atoms with E-state index in [0.29, 0.717) is 6.42 Å². The minimum Gasteiger partial charge on any atom is -0.369 e. The van der Waals surface area contributed by atoms with Crippen LogP contribution >= 0.6 is 0 Å². The van der Waals surface area contributed by atoms with Crippen molar-refractivity contribution in [3.63, 3.8) is 0 Å². The third-order valence-corrected chi connectivity index (χ3v) is 5.57. The van der Waals surface area contributed by atoms with E-state index in [4.69, 9.17) is 5.73 Å². The van der Waals surface area contributed by atoms with Crippen molar-refractivity contribution in [2.75, 3.05) is 31.1 Å². The molecule has 0 unspecified atom stereocenters. The number of aromatic amines is 1. The van der Waals surface area contributed by atoms with E-state index < -0.39 is 11.7 Å². The van der Waals surface area contributed by atoms with Crippen molar-refractivity contribution in [3.05, 3.63) is 69.4 Å². The molecule has 7 nitrogen and oxygen atoms in total. The highest BCUT2D eigenvalue weighted by Gasteiger charge is 2.19. The number of amides is 1. The molecule has 1 aliphatic heterocycles. The SMILES string of the molecule is CCc1cc2ncc(CN3CCN(c4ccc(C(N)=O)c(F)c4)CC3)cc2[nH]c1=O. The first-order valence-electron chi connectivity index (χ1n) is 10.0. The number of carbonyl (C=O) groups excluding carboxylic acids is 1. The third kappa shape index (κ3) is 4.04. The van der Waals surface area contributed by atoms with Crippen LogP contribution in [0.3, 0.4) is 0 Å². The fourth-order valence-electron chi connectivity index (χ4n) is 3.84. The first-order chi connectivity index (χ1) is 14.4. The first kappa shape index (κ1) is 20.0. The Labute approximate surface area is 173 Å². The van der Waals surface area contributed by atoms with Gasteiger partial charge in [0.05, 0.1) is 16.6 Å². The summed E-state index contributed by atoms with van der Waals surface area (Å²) in [6.45, 7) is 5.78. The van der Waals surface area contributed by atoms with Crippen molar-refractivity contribution in [1.82, 2.24) is 14.9 Å². The zero-order valence-electron chi connectivity index (χ0n) is 16.8. The lowest BCUT2D eigenvalue weighted by Gasteiger charge is -2.36. The summed E-state index contributed by atoms with van der Waals surface area (Å²) >= 11 is 0. The van der Waals surface area contributed by atoms with Crippen molar-refractivity contribution >= 4 is 22.6 Å². The Balaban J connectivity index is 1.42. The van der Waals surface area contributed by atoms with Gasteiger partial charge in [0.15, 0.2) is 0 Å². The largest absolute Gasteiger partial charge is 0.369 e. The van der Waals surface area contributed by atoms with Crippen molar-refractivity contribution < 1.29 is 9.18 Å². The number of carbonyl (C=O) groups is 1. The van der Waals surface area contributed by atoms with Gasteiger partial charge in [-0.2, -0.15) is 0 Å². The maximum Gasteiger partial charge on any atom is 0.251 e. The number of nitrogens with zero attached hydrogens (tertiary/aromatic N) is 3. The van der Waals surface area contributed by atoms with Crippen LogP contribution < -0.4 is 16.2 Å². The fourth-order valence-corrected chi connectivity index (χ4v) is 3.84. The highest BCUT2D eigenvalue weighted by molar-refractivity contribution is 5.93. The summed E-state index contributed by atoms with van der Waals surface area (Å²) in [5.41, 5.74) is 9.07. The Bertz CT molecular complexity index is 1150. The van der Waals surface area contributed by atoms with Gasteiger partial charge in [0.25, 0.3) is 11.5 Å². The van der Waals surface area contributed by atoms with E-state index >= 15 is 0 Å². The van der Waals surface area contributed by atoms with E-state index in [2.05, 4.69) is 19.8 Å². The van der Waals surface area contributed by atoms with Gasteiger partial charge in [0.1, 0.15) is 5.82 Å². The summed E-state index contributed by atoms with van der Waals surface area (Å²) in [6, 6.07) is 8.36. The van der Waals surface area contributed by atoms with Crippen LogP contribution in [-0.2, 0) is 13.0 Å². The van der Waals surface area contributed by atoms with E-state index in [9.17, 15) is 14.0 Å². The molecular weight excluding hydrogens is 385 g/mol. The molecule has 0 spiro atoms. The Hall–Kier alpha value is -3.26. The van der Waals surface area contributed by atoms with Gasteiger partial charge >= 0.3 is 0 Å². The molecule has 0 bridgehead atoms. The number of fused-ring (bicyclic) bond motifs is 1. The maximum absolute atomic E-state index is 14.1. The smallest absolute Gasteiger partial charge is 0.251 e. The summed E-state index contributed by atoms with van der Waals surface area (Å²) in [6.07, 6.45) is 2.53. The number of piperazine rings is 1. The Kier molecular flexibility index (Phi) is 5.50. The molecule has 2 aromatic heterocycles. The van der Waals surface area contributed by atoms with Gasteiger partial charge in [-0.15, -0.1) is 0 Å². The molecular formula is C22H24FN5O2. The van der Waals surface area contributed by atoms with E-state index in [-0.39, 0.29) is 11.1 Å². The molecule has 0 atom stereocenters. The van der Waals surface area contributed by atoms with Crippen LogP contribution in [0.1, 0.15) is 28.4 Å². The molecule has 4 rings (SSSR count). The fraction of sp³-hybridized carbons (Fsp3) is 0.318. The Morgan fingerprint density at radius 2 is 1.97 bits per heavy atom. The Morgan fingerprint density at radius 1 is 1.20 bits per heavy atom. The second-order valence-corrected chi connectivity index (χ2v) is 7.55. The molecule has 3 aromatic rings. The molecule has 3 N–H and O–H groups in total. The molecule has 1 amide bonds. The van der Waals surface area contributed by atoms with Crippen LogP contribution in [0, 0.1) is 5.82 Å². The summed E-state index contributed by atoms with van der Waals surface area (Å²) in [5.74, 6) is -1.36. The monoisotopic (exact) mass is 409 g/mol. The van der Waals surface area contributed by atoms with Crippen LogP contribution in [-0.4, -0.2) is 47.0 Å². The van der Waals surface area contributed by atoms with Crippen LogP contribution in [0.15, 0.2) is 41.3 Å². The number of aryl methyl sites for hydroxylation is 1. The van der Waals surface area contributed by atoms with Crippen LogP contribution in [0.4, 0.5) is 10.1 Å². The highest BCUT2D eigenvalue weighted by Crippen LogP contribution is 2.21. The van der Waals surface area contributed by atoms with Crippen molar-refractivity contribution in [1.29, 1.82) is 0 Å². The van der Waals surface area contributed by atoms with Crippen LogP contribution in [0.2, 0.25) is 0 Å². The minimum atomic E-state index is -0.764. The number of anilines is 1.